The summed E-state index contributed by atoms with van der Waals surface area (Å²) < 4.78 is 37.6. The van der Waals surface area contributed by atoms with Crippen molar-refractivity contribution in [3.05, 3.63) is 47.2 Å². The van der Waals surface area contributed by atoms with Gasteiger partial charge in [-0.1, -0.05) is 13.0 Å². The van der Waals surface area contributed by atoms with Crippen LogP contribution in [0.2, 0.25) is 0 Å². The summed E-state index contributed by atoms with van der Waals surface area (Å²) in [6, 6.07) is 6.17. The summed E-state index contributed by atoms with van der Waals surface area (Å²) in [6.45, 7) is 5.16. The molecule has 3 aliphatic heterocycles. The molecule has 2 aromatic carbocycles. The van der Waals surface area contributed by atoms with Gasteiger partial charge in [-0.3, -0.25) is 4.90 Å². The highest BCUT2D eigenvalue weighted by Gasteiger charge is 2.45. The highest BCUT2D eigenvalue weighted by molar-refractivity contribution is 6.02. The van der Waals surface area contributed by atoms with Gasteiger partial charge in [0.2, 0.25) is 0 Å². The van der Waals surface area contributed by atoms with Crippen molar-refractivity contribution in [3.63, 3.8) is 0 Å². The molecule has 0 saturated carbocycles. The van der Waals surface area contributed by atoms with Gasteiger partial charge in [0.1, 0.15) is 35.2 Å². The number of hydrogen-bond donors (Lipinski definition) is 1. The Morgan fingerprint density at radius 2 is 1.82 bits per heavy atom. The Morgan fingerprint density at radius 3 is 2.59 bits per heavy atom. The molecular formula is C30H31F2N5O2. The molecule has 3 aliphatic rings. The summed E-state index contributed by atoms with van der Waals surface area (Å²) >= 11 is 0. The van der Waals surface area contributed by atoms with E-state index < -0.39 is 5.82 Å². The summed E-state index contributed by atoms with van der Waals surface area (Å²) in [5.41, 5.74) is 1.69. The number of halogens is 2. The number of aromatic hydroxyl groups is 1. The molecular weight excluding hydrogens is 500 g/mol. The minimum absolute atomic E-state index is 0.00959. The predicted octanol–water partition coefficient (Wildman–Crippen LogP) is 5.39. The van der Waals surface area contributed by atoms with Gasteiger partial charge >= 0.3 is 6.01 Å². The molecule has 0 amide bonds. The van der Waals surface area contributed by atoms with E-state index in [4.69, 9.17) is 14.7 Å². The normalized spacial score (nSPS) is 18.3. The van der Waals surface area contributed by atoms with E-state index in [-0.39, 0.29) is 34.3 Å². The first kappa shape index (κ1) is 24.5. The standard InChI is InChI=1S/C30H31F2N5O2/c1-3-19-21(31)7-6-17-14-18(38)15-20(23(17)19)26-25(32)27-24-22(33-26)8-13-36(2)28(24)35-29(34-27)39-16-30-9-4-11-37(30)12-5-10-30/h6-7,14-15,38H,3-5,8-13,16H2,1-2H3. The number of nitrogens with zero attached hydrogens (tertiary/aromatic N) is 5. The van der Waals surface area contributed by atoms with Crippen molar-refractivity contribution in [1.82, 2.24) is 19.9 Å². The van der Waals surface area contributed by atoms with Crippen LogP contribution in [-0.4, -0.2) is 63.8 Å². The molecule has 2 fully saturated rings. The zero-order chi connectivity index (χ0) is 26.9. The van der Waals surface area contributed by atoms with Gasteiger partial charge in [0, 0.05) is 25.6 Å². The first-order valence-electron chi connectivity index (χ1n) is 13.8. The van der Waals surface area contributed by atoms with E-state index in [0.29, 0.717) is 64.8 Å². The van der Waals surface area contributed by atoms with E-state index in [2.05, 4.69) is 9.88 Å². The second-order valence-electron chi connectivity index (χ2n) is 11.1. The van der Waals surface area contributed by atoms with E-state index in [0.717, 1.165) is 38.8 Å². The van der Waals surface area contributed by atoms with E-state index >= 15 is 4.39 Å². The molecule has 2 aromatic heterocycles. The average Bonchev–Trinajstić information content (AvgIpc) is 3.51. The molecule has 0 unspecified atom stereocenters. The van der Waals surface area contributed by atoms with Crippen molar-refractivity contribution in [2.24, 2.45) is 0 Å². The van der Waals surface area contributed by atoms with Crippen molar-refractivity contribution in [3.8, 4) is 23.0 Å². The molecule has 0 bridgehead atoms. The predicted molar refractivity (Wildman–Crippen MR) is 146 cm³/mol. The molecule has 4 aromatic rings. The average molecular weight is 532 g/mol. The molecule has 1 N–H and O–H groups in total. The number of ether oxygens (including phenoxy) is 1. The van der Waals surface area contributed by atoms with Crippen LogP contribution in [0.15, 0.2) is 24.3 Å². The van der Waals surface area contributed by atoms with Gasteiger partial charge in [-0.2, -0.15) is 9.97 Å². The fraction of sp³-hybridized carbons (Fsp3) is 0.433. The third-order valence-electron chi connectivity index (χ3n) is 8.91. The van der Waals surface area contributed by atoms with Crippen LogP contribution in [0.1, 0.15) is 43.9 Å². The molecule has 0 atom stereocenters. The molecule has 202 valence electrons. The molecule has 9 heteroatoms. The Morgan fingerprint density at radius 1 is 1.03 bits per heavy atom. The monoisotopic (exact) mass is 531 g/mol. The second-order valence-corrected chi connectivity index (χ2v) is 11.1. The van der Waals surface area contributed by atoms with Crippen molar-refractivity contribution in [1.29, 1.82) is 0 Å². The third kappa shape index (κ3) is 3.73. The van der Waals surface area contributed by atoms with Crippen molar-refractivity contribution >= 4 is 27.5 Å². The maximum Gasteiger partial charge on any atom is 0.319 e. The number of phenols is 1. The molecule has 39 heavy (non-hydrogen) atoms. The number of phenolic OH excluding ortho intramolecular Hbond substituents is 1. The Bertz CT molecular complexity index is 1630. The van der Waals surface area contributed by atoms with Gasteiger partial charge in [0.15, 0.2) is 5.82 Å². The molecule has 0 aliphatic carbocycles. The maximum absolute atomic E-state index is 16.5. The Kier molecular flexibility index (Phi) is 5.63. The molecule has 5 heterocycles. The van der Waals surface area contributed by atoms with E-state index in [1.165, 1.54) is 12.1 Å². The Balaban J connectivity index is 1.41. The van der Waals surface area contributed by atoms with E-state index in [1.54, 1.807) is 12.1 Å². The quantitative estimate of drug-likeness (QED) is 0.370. The highest BCUT2D eigenvalue weighted by Crippen LogP contribution is 2.42. The van der Waals surface area contributed by atoms with Gasteiger partial charge in [-0.05, 0) is 79.7 Å². The molecule has 7 rings (SSSR count). The van der Waals surface area contributed by atoms with Crippen LogP contribution in [0.5, 0.6) is 11.8 Å². The lowest BCUT2D eigenvalue weighted by molar-refractivity contribution is 0.108. The highest BCUT2D eigenvalue weighted by atomic mass is 19.1. The fourth-order valence-electron chi connectivity index (χ4n) is 6.98. The zero-order valence-electron chi connectivity index (χ0n) is 22.2. The number of benzene rings is 2. The first-order chi connectivity index (χ1) is 18.9. The summed E-state index contributed by atoms with van der Waals surface area (Å²) in [7, 11) is 1.92. The summed E-state index contributed by atoms with van der Waals surface area (Å²) in [6.07, 6.45) is 5.47. The van der Waals surface area contributed by atoms with Crippen molar-refractivity contribution < 1.29 is 18.6 Å². The van der Waals surface area contributed by atoms with Gasteiger partial charge in [-0.25, -0.2) is 13.8 Å². The second kappa shape index (κ2) is 8.98. The van der Waals surface area contributed by atoms with Crippen LogP contribution in [0.25, 0.3) is 32.9 Å². The largest absolute Gasteiger partial charge is 0.508 e. The number of pyridine rings is 1. The topological polar surface area (TPSA) is 74.6 Å². The number of likely N-dealkylation sites (N-methyl/N-ethyl adjacent to an activating group) is 1. The maximum atomic E-state index is 16.5. The summed E-state index contributed by atoms with van der Waals surface area (Å²) in [4.78, 5) is 18.5. The number of hydrogen-bond acceptors (Lipinski definition) is 7. The van der Waals surface area contributed by atoms with Crippen molar-refractivity contribution in [2.75, 3.05) is 38.2 Å². The van der Waals surface area contributed by atoms with Crippen LogP contribution in [-0.2, 0) is 12.8 Å². The number of rotatable bonds is 5. The molecule has 2 saturated heterocycles. The van der Waals surface area contributed by atoms with Crippen LogP contribution in [0.4, 0.5) is 14.6 Å². The minimum Gasteiger partial charge on any atom is -0.508 e. The van der Waals surface area contributed by atoms with Crippen molar-refractivity contribution in [2.45, 2.75) is 51.0 Å². The Labute approximate surface area is 225 Å². The SMILES string of the molecule is CCc1c(F)ccc2cc(O)cc(-c3nc4c5c(nc(OCC67CCCN6CCC7)nc5c3F)N(C)CC4)c12. The smallest absolute Gasteiger partial charge is 0.319 e. The third-order valence-corrected chi connectivity index (χ3v) is 8.91. The number of fused-ring (bicyclic) bond motifs is 2. The Hall–Kier alpha value is -3.59. The zero-order valence-corrected chi connectivity index (χ0v) is 22.2. The van der Waals surface area contributed by atoms with E-state index in [1.807, 2.05) is 18.9 Å². The van der Waals surface area contributed by atoms with Crippen LogP contribution >= 0.6 is 0 Å². The lowest BCUT2D eigenvalue weighted by Crippen LogP contribution is -2.43. The summed E-state index contributed by atoms with van der Waals surface area (Å²) in [5.74, 6) is -0.432. The molecule has 7 nitrogen and oxygen atoms in total. The lowest BCUT2D eigenvalue weighted by Gasteiger charge is -2.31. The summed E-state index contributed by atoms with van der Waals surface area (Å²) in [5, 5.41) is 12.3. The van der Waals surface area contributed by atoms with Crippen LogP contribution in [0.3, 0.4) is 0 Å². The van der Waals surface area contributed by atoms with Crippen LogP contribution < -0.4 is 9.64 Å². The van der Waals surface area contributed by atoms with Gasteiger partial charge in [0.25, 0.3) is 0 Å². The van der Waals surface area contributed by atoms with Gasteiger partial charge < -0.3 is 14.7 Å². The fourth-order valence-corrected chi connectivity index (χ4v) is 6.98. The van der Waals surface area contributed by atoms with Gasteiger partial charge in [0.05, 0.1) is 16.6 Å². The number of aromatic nitrogens is 3. The number of aryl methyl sites for hydroxylation is 1. The number of anilines is 1. The molecule has 0 spiro atoms. The van der Waals surface area contributed by atoms with Gasteiger partial charge in [-0.15, -0.1) is 0 Å². The minimum atomic E-state index is -0.628. The lowest BCUT2D eigenvalue weighted by atomic mass is 9.94. The van der Waals surface area contributed by atoms with E-state index in [9.17, 15) is 9.50 Å². The molecule has 0 radical (unpaired) electrons. The van der Waals surface area contributed by atoms with Crippen LogP contribution in [0, 0.1) is 11.6 Å². The first-order valence-corrected chi connectivity index (χ1v) is 13.8.